The largest absolute Gasteiger partial charge is 0.300 e. The number of carbonyl (C=O) groups excluding carboxylic acids is 2. The smallest absolute Gasteiger partial charge is 0.232 e. The Morgan fingerprint density at radius 3 is 3.04 bits per heavy atom. The quantitative estimate of drug-likeness (QED) is 0.862. The molecule has 9 heteroatoms. The van der Waals surface area contributed by atoms with Gasteiger partial charge in [0.15, 0.2) is 5.13 Å². The van der Waals surface area contributed by atoms with Gasteiger partial charge in [-0.2, -0.15) is 0 Å². The molecule has 0 unspecified atom stereocenters. The van der Waals surface area contributed by atoms with Gasteiger partial charge in [-0.05, 0) is 12.8 Å². The van der Waals surface area contributed by atoms with E-state index < -0.39 is 0 Å². The van der Waals surface area contributed by atoms with E-state index in [1.165, 1.54) is 22.7 Å². The molecule has 1 fully saturated rings. The fourth-order valence-corrected chi connectivity index (χ4v) is 4.02. The Labute approximate surface area is 141 Å². The van der Waals surface area contributed by atoms with Crippen molar-refractivity contribution in [3.8, 4) is 0 Å². The van der Waals surface area contributed by atoms with Gasteiger partial charge in [0.1, 0.15) is 5.01 Å². The van der Waals surface area contributed by atoms with Crippen molar-refractivity contribution in [1.29, 1.82) is 0 Å². The number of nitrogens with one attached hydrogen (secondary N) is 1. The molecule has 3 heterocycles. The van der Waals surface area contributed by atoms with Crippen LogP contribution in [0.4, 0.5) is 10.3 Å². The average Bonchev–Trinajstić information content (AvgIpc) is 3.21. The van der Waals surface area contributed by atoms with Crippen LogP contribution < -0.4 is 10.2 Å². The van der Waals surface area contributed by atoms with E-state index in [0.717, 1.165) is 24.3 Å². The molecule has 0 atom stereocenters. The van der Waals surface area contributed by atoms with Crippen molar-refractivity contribution in [1.82, 2.24) is 15.2 Å². The van der Waals surface area contributed by atoms with Gasteiger partial charge in [0, 0.05) is 24.8 Å². The maximum Gasteiger partial charge on any atom is 0.232 e. The summed E-state index contributed by atoms with van der Waals surface area (Å²) in [5, 5.41) is 14.7. The number of hydrogen-bond donors (Lipinski definition) is 1. The number of amides is 2. The molecule has 1 aliphatic rings. The Bertz CT molecular complexity index is 712. The highest BCUT2D eigenvalue weighted by Gasteiger charge is 2.24. The molecule has 0 aromatic carbocycles. The van der Waals surface area contributed by atoms with E-state index >= 15 is 0 Å². The van der Waals surface area contributed by atoms with Gasteiger partial charge in [-0.1, -0.05) is 18.3 Å². The fraction of sp³-hybridized carbons (Fsp3) is 0.500. The van der Waals surface area contributed by atoms with Gasteiger partial charge in [-0.3, -0.25) is 14.5 Å². The number of thiazole rings is 1. The van der Waals surface area contributed by atoms with Crippen molar-refractivity contribution in [2.24, 2.45) is 0 Å². The first-order valence-corrected chi connectivity index (χ1v) is 9.22. The number of hydrogen-bond acceptors (Lipinski definition) is 7. The van der Waals surface area contributed by atoms with Crippen molar-refractivity contribution in [3.05, 3.63) is 16.1 Å². The second-order valence-corrected chi connectivity index (χ2v) is 7.14. The summed E-state index contributed by atoms with van der Waals surface area (Å²) in [6.45, 7) is 2.79. The van der Waals surface area contributed by atoms with Gasteiger partial charge in [0.05, 0.1) is 12.1 Å². The second kappa shape index (κ2) is 7.14. The third kappa shape index (κ3) is 3.91. The zero-order chi connectivity index (χ0) is 16.2. The van der Waals surface area contributed by atoms with Crippen molar-refractivity contribution < 1.29 is 9.59 Å². The topological polar surface area (TPSA) is 88.1 Å². The Morgan fingerprint density at radius 1 is 1.43 bits per heavy atom. The number of aromatic nitrogens is 3. The first-order valence-electron chi connectivity index (χ1n) is 7.52. The van der Waals surface area contributed by atoms with Gasteiger partial charge in [-0.25, -0.2) is 4.98 Å². The summed E-state index contributed by atoms with van der Waals surface area (Å²) in [6, 6.07) is 0. The van der Waals surface area contributed by atoms with Crippen molar-refractivity contribution in [3.63, 3.8) is 0 Å². The average molecular weight is 351 g/mol. The van der Waals surface area contributed by atoms with Crippen LogP contribution in [0.25, 0.3) is 0 Å². The van der Waals surface area contributed by atoms with Crippen LogP contribution in [0.5, 0.6) is 0 Å². The molecular weight excluding hydrogens is 334 g/mol. The van der Waals surface area contributed by atoms with Crippen LogP contribution in [-0.4, -0.2) is 33.5 Å². The lowest BCUT2D eigenvalue weighted by Crippen LogP contribution is -2.23. The molecular formula is C14H17N5O2S2. The SMILES string of the molecule is CCCc1nnc(NC(=O)Cc2csc(N3CCCC3=O)n2)s1. The lowest BCUT2D eigenvalue weighted by Gasteiger charge is -2.10. The van der Waals surface area contributed by atoms with Crippen molar-refractivity contribution >= 4 is 44.8 Å². The zero-order valence-electron chi connectivity index (χ0n) is 12.7. The third-order valence-corrected chi connectivity index (χ3v) is 5.17. The summed E-state index contributed by atoms with van der Waals surface area (Å²) >= 11 is 2.80. The Kier molecular flexibility index (Phi) is 4.97. The van der Waals surface area contributed by atoms with Crippen LogP contribution in [0, 0.1) is 0 Å². The van der Waals surface area contributed by atoms with Gasteiger partial charge in [0.25, 0.3) is 0 Å². The summed E-state index contributed by atoms with van der Waals surface area (Å²) in [6.07, 6.45) is 3.48. The Morgan fingerprint density at radius 2 is 2.30 bits per heavy atom. The van der Waals surface area contributed by atoms with Crippen LogP contribution >= 0.6 is 22.7 Å². The molecule has 0 bridgehead atoms. The molecule has 2 aromatic rings. The van der Waals surface area contributed by atoms with Crippen molar-refractivity contribution in [2.75, 3.05) is 16.8 Å². The van der Waals surface area contributed by atoms with Crippen LogP contribution in [-0.2, 0) is 22.4 Å². The number of aryl methyl sites for hydroxylation is 1. The lowest BCUT2D eigenvalue weighted by atomic mass is 10.3. The fourth-order valence-electron chi connectivity index (χ4n) is 2.30. The zero-order valence-corrected chi connectivity index (χ0v) is 14.4. The Balaban J connectivity index is 1.57. The molecule has 1 N–H and O–H groups in total. The number of rotatable bonds is 6. The first kappa shape index (κ1) is 16.0. The highest BCUT2D eigenvalue weighted by Crippen LogP contribution is 2.25. The molecule has 122 valence electrons. The highest BCUT2D eigenvalue weighted by atomic mass is 32.1. The molecule has 23 heavy (non-hydrogen) atoms. The molecule has 1 aliphatic heterocycles. The van der Waals surface area contributed by atoms with E-state index in [1.807, 2.05) is 5.38 Å². The van der Waals surface area contributed by atoms with Gasteiger partial charge < -0.3 is 5.32 Å². The molecule has 0 spiro atoms. The number of nitrogens with zero attached hydrogens (tertiary/aromatic N) is 4. The van der Waals surface area contributed by atoms with E-state index in [4.69, 9.17) is 0 Å². The summed E-state index contributed by atoms with van der Waals surface area (Å²) in [5.41, 5.74) is 0.667. The van der Waals surface area contributed by atoms with Crippen LogP contribution in [0.3, 0.4) is 0 Å². The highest BCUT2D eigenvalue weighted by molar-refractivity contribution is 7.15. The molecule has 2 amide bonds. The standard InChI is InChI=1S/C14H17N5O2S2/c1-2-4-11-17-18-13(23-11)16-10(20)7-9-8-22-14(15-9)19-6-3-5-12(19)21/h8H,2-7H2,1H3,(H,16,18,20). The Hall–Kier alpha value is -1.87. The monoisotopic (exact) mass is 351 g/mol. The number of carbonyl (C=O) groups is 2. The normalized spacial score (nSPS) is 14.5. The molecule has 1 saturated heterocycles. The third-order valence-electron chi connectivity index (χ3n) is 3.36. The van der Waals surface area contributed by atoms with Gasteiger partial charge in [0.2, 0.25) is 16.9 Å². The minimum Gasteiger partial charge on any atom is -0.300 e. The molecule has 3 rings (SSSR count). The summed E-state index contributed by atoms with van der Waals surface area (Å²) in [7, 11) is 0. The molecule has 2 aromatic heterocycles. The minimum absolute atomic E-state index is 0.104. The maximum atomic E-state index is 12.1. The van der Waals surface area contributed by atoms with E-state index in [9.17, 15) is 9.59 Å². The summed E-state index contributed by atoms with van der Waals surface area (Å²) < 4.78 is 0. The van der Waals surface area contributed by atoms with E-state index in [-0.39, 0.29) is 18.2 Å². The predicted octanol–water partition coefficient (Wildman–Crippen LogP) is 2.26. The molecule has 0 aliphatic carbocycles. The van der Waals surface area contributed by atoms with Crippen LogP contribution in [0.15, 0.2) is 5.38 Å². The lowest BCUT2D eigenvalue weighted by molar-refractivity contribution is -0.117. The second-order valence-electron chi connectivity index (χ2n) is 5.25. The predicted molar refractivity (Wildman–Crippen MR) is 89.9 cm³/mol. The molecule has 0 saturated carbocycles. The minimum atomic E-state index is -0.172. The summed E-state index contributed by atoms with van der Waals surface area (Å²) in [5.74, 6) is -0.0681. The summed E-state index contributed by atoms with van der Waals surface area (Å²) in [4.78, 5) is 29.8. The van der Waals surface area contributed by atoms with Crippen LogP contribution in [0.2, 0.25) is 0 Å². The van der Waals surface area contributed by atoms with Crippen molar-refractivity contribution in [2.45, 2.75) is 39.0 Å². The van der Waals surface area contributed by atoms with Gasteiger partial charge >= 0.3 is 0 Å². The van der Waals surface area contributed by atoms with E-state index in [0.29, 0.717) is 28.9 Å². The van der Waals surface area contributed by atoms with E-state index in [1.54, 1.807) is 4.90 Å². The maximum absolute atomic E-state index is 12.1. The molecule has 0 radical (unpaired) electrons. The number of anilines is 2. The molecule has 7 nitrogen and oxygen atoms in total. The first-order chi connectivity index (χ1) is 11.2. The van der Waals surface area contributed by atoms with Gasteiger partial charge in [-0.15, -0.1) is 21.5 Å². The van der Waals surface area contributed by atoms with E-state index in [2.05, 4.69) is 27.4 Å². The van der Waals surface area contributed by atoms with Crippen LogP contribution in [0.1, 0.15) is 36.9 Å².